The van der Waals surface area contributed by atoms with Crippen LogP contribution in [0.4, 0.5) is 10.5 Å². The Kier molecular flexibility index (Phi) is 3.40. The van der Waals surface area contributed by atoms with E-state index >= 15 is 0 Å². The van der Waals surface area contributed by atoms with Crippen molar-refractivity contribution in [1.29, 1.82) is 0 Å². The van der Waals surface area contributed by atoms with Gasteiger partial charge >= 0.3 is 6.03 Å². The van der Waals surface area contributed by atoms with E-state index in [1.165, 1.54) is 5.56 Å². The van der Waals surface area contributed by atoms with Crippen LogP contribution in [0.2, 0.25) is 0 Å². The normalized spacial score (nSPS) is 9.71. The van der Waals surface area contributed by atoms with E-state index in [0.29, 0.717) is 0 Å². The fourth-order valence-corrected chi connectivity index (χ4v) is 1.57. The lowest BCUT2D eigenvalue weighted by Crippen LogP contribution is -2.24. The molecular formula is C14H14N2O. The Labute approximate surface area is 100 Å². The van der Waals surface area contributed by atoms with E-state index in [-0.39, 0.29) is 6.03 Å². The smallest absolute Gasteiger partial charge is 0.318 e. The molecule has 0 saturated heterocycles. The molecule has 2 amide bonds. The first-order chi connectivity index (χ1) is 8.29. The highest BCUT2D eigenvalue weighted by molar-refractivity contribution is 5.89. The quantitative estimate of drug-likeness (QED) is 0.811. The van der Waals surface area contributed by atoms with Crippen molar-refractivity contribution < 1.29 is 4.79 Å². The first-order valence-corrected chi connectivity index (χ1v) is 5.44. The van der Waals surface area contributed by atoms with Crippen LogP contribution in [0, 0.1) is 0 Å². The van der Waals surface area contributed by atoms with Gasteiger partial charge in [-0.1, -0.05) is 42.5 Å². The van der Waals surface area contributed by atoms with Crippen LogP contribution < -0.4 is 10.6 Å². The van der Waals surface area contributed by atoms with Crippen molar-refractivity contribution in [2.45, 2.75) is 0 Å². The van der Waals surface area contributed by atoms with E-state index in [1.807, 2.05) is 42.5 Å². The lowest BCUT2D eigenvalue weighted by molar-refractivity contribution is 0.254. The van der Waals surface area contributed by atoms with Crippen LogP contribution >= 0.6 is 0 Å². The number of urea groups is 1. The molecule has 17 heavy (non-hydrogen) atoms. The summed E-state index contributed by atoms with van der Waals surface area (Å²) in [5.41, 5.74) is 3.08. The first-order valence-electron chi connectivity index (χ1n) is 5.44. The Morgan fingerprint density at radius 3 is 2.06 bits per heavy atom. The molecule has 0 spiro atoms. The third-order valence-electron chi connectivity index (χ3n) is 2.48. The highest BCUT2D eigenvalue weighted by atomic mass is 16.2. The molecule has 2 aromatic rings. The number of hydrogen-bond acceptors (Lipinski definition) is 1. The maximum Gasteiger partial charge on any atom is 0.318 e. The molecule has 0 heterocycles. The third-order valence-corrected chi connectivity index (χ3v) is 2.48. The first kappa shape index (κ1) is 11.2. The number of amides is 2. The second kappa shape index (κ2) is 5.16. The van der Waals surface area contributed by atoms with Gasteiger partial charge in [0.2, 0.25) is 0 Å². The highest BCUT2D eigenvalue weighted by Crippen LogP contribution is 2.20. The maximum absolute atomic E-state index is 11.1. The van der Waals surface area contributed by atoms with Crippen LogP contribution in [-0.4, -0.2) is 13.1 Å². The molecule has 0 radical (unpaired) electrons. The molecule has 0 saturated carbocycles. The monoisotopic (exact) mass is 226 g/mol. The molecule has 0 fully saturated rings. The maximum atomic E-state index is 11.1. The Hall–Kier alpha value is -2.29. The Balaban J connectivity index is 2.16. The number of carbonyl (C=O) groups excluding carboxylic acids is 1. The van der Waals surface area contributed by atoms with Gasteiger partial charge in [-0.05, 0) is 23.3 Å². The zero-order valence-electron chi connectivity index (χ0n) is 9.60. The van der Waals surface area contributed by atoms with Crippen molar-refractivity contribution in [2.24, 2.45) is 0 Å². The number of benzene rings is 2. The predicted molar refractivity (Wildman–Crippen MR) is 70.0 cm³/mol. The zero-order valence-corrected chi connectivity index (χ0v) is 9.60. The Bertz CT molecular complexity index is 491. The summed E-state index contributed by atoms with van der Waals surface area (Å²) in [6.07, 6.45) is 0. The number of rotatable bonds is 2. The SMILES string of the molecule is CNC(=O)Nc1ccc(-c2ccccc2)cc1. The van der Waals surface area contributed by atoms with Gasteiger partial charge in [0.05, 0.1) is 0 Å². The summed E-state index contributed by atoms with van der Waals surface area (Å²) in [5.74, 6) is 0. The van der Waals surface area contributed by atoms with Crippen molar-refractivity contribution >= 4 is 11.7 Å². The number of anilines is 1. The molecular weight excluding hydrogens is 212 g/mol. The van der Waals surface area contributed by atoms with E-state index < -0.39 is 0 Å². The largest absolute Gasteiger partial charge is 0.341 e. The summed E-state index contributed by atoms with van der Waals surface area (Å²) in [6, 6.07) is 17.7. The van der Waals surface area contributed by atoms with E-state index in [0.717, 1.165) is 11.3 Å². The number of hydrogen-bond donors (Lipinski definition) is 2. The summed E-state index contributed by atoms with van der Waals surface area (Å²) in [7, 11) is 1.59. The molecule has 2 rings (SSSR count). The van der Waals surface area contributed by atoms with Gasteiger partial charge in [-0.3, -0.25) is 0 Å². The van der Waals surface area contributed by atoms with Gasteiger partial charge in [0.15, 0.2) is 0 Å². The Morgan fingerprint density at radius 1 is 0.882 bits per heavy atom. The van der Waals surface area contributed by atoms with Crippen LogP contribution in [0.25, 0.3) is 11.1 Å². The molecule has 0 bridgehead atoms. The van der Waals surface area contributed by atoms with E-state index in [4.69, 9.17) is 0 Å². The Morgan fingerprint density at radius 2 is 1.47 bits per heavy atom. The van der Waals surface area contributed by atoms with Gasteiger partial charge < -0.3 is 10.6 Å². The average Bonchev–Trinajstić information content (AvgIpc) is 2.40. The van der Waals surface area contributed by atoms with Crippen molar-refractivity contribution in [3.63, 3.8) is 0 Å². The zero-order chi connectivity index (χ0) is 12.1. The van der Waals surface area contributed by atoms with Gasteiger partial charge in [0.25, 0.3) is 0 Å². The topological polar surface area (TPSA) is 41.1 Å². The minimum absolute atomic E-state index is 0.211. The van der Waals surface area contributed by atoms with Gasteiger partial charge in [0.1, 0.15) is 0 Å². The van der Waals surface area contributed by atoms with Crippen LogP contribution in [0.15, 0.2) is 54.6 Å². The molecule has 2 N–H and O–H groups in total. The summed E-state index contributed by atoms with van der Waals surface area (Å²) in [4.78, 5) is 11.1. The second-order valence-corrected chi connectivity index (χ2v) is 3.65. The number of carbonyl (C=O) groups is 1. The molecule has 86 valence electrons. The van der Waals surface area contributed by atoms with Crippen LogP contribution in [-0.2, 0) is 0 Å². The summed E-state index contributed by atoms with van der Waals surface area (Å²) >= 11 is 0. The summed E-state index contributed by atoms with van der Waals surface area (Å²) < 4.78 is 0. The van der Waals surface area contributed by atoms with E-state index in [9.17, 15) is 4.79 Å². The second-order valence-electron chi connectivity index (χ2n) is 3.65. The standard InChI is InChI=1S/C14H14N2O/c1-15-14(17)16-13-9-7-12(8-10-13)11-5-3-2-4-6-11/h2-10H,1H3,(H2,15,16,17). The van der Waals surface area contributed by atoms with Crippen molar-refractivity contribution in [1.82, 2.24) is 5.32 Å². The molecule has 0 aliphatic heterocycles. The van der Waals surface area contributed by atoms with Crippen molar-refractivity contribution in [2.75, 3.05) is 12.4 Å². The molecule has 3 heteroatoms. The van der Waals surface area contributed by atoms with E-state index in [2.05, 4.69) is 22.8 Å². The third kappa shape index (κ3) is 2.84. The average molecular weight is 226 g/mol. The van der Waals surface area contributed by atoms with Gasteiger partial charge in [-0.2, -0.15) is 0 Å². The lowest BCUT2D eigenvalue weighted by Gasteiger charge is -2.06. The molecule has 0 aliphatic rings. The van der Waals surface area contributed by atoms with Gasteiger partial charge in [-0.25, -0.2) is 4.79 Å². The summed E-state index contributed by atoms with van der Waals surface area (Å²) in [5, 5.41) is 5.23. The van der Waals surface area contributed by atoms with Gasteiger partial charge in [0, 0.05) is 12.7 Å². The molecule has 3 nitrogen and oxygen atoms in total. The van der Waals surface area contributed by atoms with Crippen LogP contribution in [0.5, 0.6) is 0 Å². The minimum atomic E-state index is -0.211. The highest BCUT2D eigenvalue weighted by Gasteiger charge is 1.99. The van der Waals surface area contributed by atoms with Gasteiger partial charge in [-0.15, -0.1) is 0 Å². The molecule has 0 atom stereocenters. The van der Waals surface area contributed by atoms with Crippen LogP contribution in [0.3, 0.4) is 0 Å². The fourth-order valence-electron chi connectivity index (χ4n) is 1.57. The van der Waals surface area contributed by atoms with Crippen molar-refractivity contribution in [3.8, 4) is 11.1 Å². The van der Waals surface area contributed by atoms with Crippen molar-refractivity contribution in [3.05, 3.63) is 54.6 Å². The molecule has 2 aromatic carbocycles. The summed E-state index contributed by atoms with van der Waals surface area (Å²) in [6.45, 7) is 0. The number of nitrogens with one attached hydrogen (secondary N) is 2. The lowest BCUT2D eigenvalue weighted by atomic mass is 10.1. The predicted octanol–water partition coefficient (Wildman–Crippen LogP) is 3.10. The molecule has 0 aliphatic carbocycles. The van der Waals surface area contributed by atoms with E-state index in [1.54, 1.807) is 7.05 Å². The molecule has 0 unspecified atom stereocenters. The fraction of sp³-hybridized carbons (Fsp3) is 0.0714. The molecule has 0 aromatic heterocycles. The van der Waals surface area contributed by atoms with Crippen LogP contribution in [0.1, 0.15) is 0 Å². The minimum Gasteiger partial charge on any atom is -0.341 e.